The number of piperidine rings is 1. The normalized spacial score (nSPS) is 18.4. The van der Waals surface area contributed by atoms with Crippen molar-refractivity contribution in [3.8, 4) is 0 Å². The van der Waals surface area contributed by atoms with E-state index in [1.54, 1.807) is 0 Å². The standard InChI is InChI=1S/C16H20N2OS/c1-16(2)7-9-18(10-8-16)15(19)14-13(17)11-5-3-4-6-12(11)20-14/h3-6H,7-10,17H2,1-2H3. The largest absolute Gasteiger partial charge is 0.397 e. The van der Waals surface area contributed by atoms with E-state index in [9.17, 15) is 4.79 Å². The van der Waals surface area contributed by atoms with Crippen molar-refractivity contribution in [2.75, 3.05) is 18.8 Å². The fraction of sp³-hybridized carbons (Fsp3) is 0.438. The molecule has 1 aromatic heterocycles. The van der Waals surface area contributed by atoms with Gasteiger partial charge < -0.3 is 10.6 Å². The van der Waals surface area contributed by atoms with Gasteiger partial charge in [0.25, 0.3) is 5.91 Å². The number of benzene rings is 1. The molecule has 1 amide bonds. The molecule has 0 radical (unpaired) electrons. The minimum absolute atomic E-state index is 0.0965. The number of rotatable bonds is 1. The summed E-state index contributed by atoms with van der Waals surface area (Å²) in [6.45, 7) is 6.20. The second kappa shape index (κ2) is 4.77. The molecule has 0 bridgehead atoms. The van der Waals surface area contributed by atoms with Gasteiger partial charge in [0.15, 0.2) is 0 Å². The van der Waals surface area contributed by atoms with Crippen LogP contribution in [0, 0.1) is 5.41 Å². The molecule has 1 aliphatic rings. The van der Waals surface area contributed by atoms with E-state index in [4.69, 9.17) is 5.73 Å². The van der Waals surface area contributed by atoms with Gasteiger partial charge in [0.05, 0.1) is 5.69 Å². The van der Waals surface area contributed by atoms with Gasteiger partial charge in [-0.1, -0.05) is 32.0 Å². The lowest BCUT2D eigenvalue weighted by atomic mass is 9.82. The van der Waals surface area contributed by atoms with Crippen LogP contribution in [0.4, 0.5) is 5.69 Å². The van der Waals surface area contributed by atoms with Gasteiger partial charge in [0, 0.05) is 23.2 Å². The molecule has 0 aliphatic carbocycles. The highest BCUT2D eigenvalue weighted by atomic mass is 32.1. The summed E-state index contributed by atoms with van der Waals surface area (Å²) >= 11 is 1.51. The van der Waals surface area contributed by atoms with Crippen LogP contribution < -0.4 is 5.73 Å². The average molecular weight is 288 g/mol. The second-order valence-electron chi connectivity index (χ2n) is 6.30. The first-order valence-electron chi connectivity index (χ1n) is 7.04. The number of nitrogens with two attached hydrogens (primary N) is 1. The fourth-order valence-corrected chi connectivity index (χ4v) is 3.77. The molecule has 2 N–H and O–H groups in total. The van der Waals surface area contributed by atoms with Crippen molar-refractivity contribution in [2.45, 2.75) is 26.7 Å². The summed E-state index contributed by atoms with van der Waals surface area (Å²) in [6.07, 6.45) is 2.12. The first-order valence-corrected chi connectivity index (χ1v) is 7.86. The van der Waals surface area contributed by atoms with Crippen LogP contribution in [0.5, 0.6) is 0 Å². The Morgan fingerprint density at radius 3 is 2.55 bits per heavy atom. The maximum absolute atomic E-state index is 12.7. The molecule has 3 rings (SSSR count). The lowest BCUT2D eigenvalue weighted by molar-refractivity contribution is 0.0636. The van der Waals surface area contributed by atoms with Crippen LogP contribution in [0.2, 0.25) is 0 Å². The van der Waals surface area contributed by atoms with Crippen molar-refractivity contribution in [1.29, 1.82) is 0 Å². The third kappa shape index (κ3) is 2.29. The second-order valence-corrected chi connectivity index (χ2v) is 7.35. The molecule has 2 aromatic rings. The third-order valence-corrected chi connectivity index (χ3v) is 5.41. The molecular formula is C16H20N2OS. The minimum atomic E-state index is 0.0965. The van der Waals surface area contributed by atoms with Gasteiger partial charge in [-0.2, -0.15) is 0 Å². The molecule has 1 saturated heterocycles. The zero-order valence-electron chi connectivity index (χ0n) is 12.0. The van der Waals surface area contributed by atoms with Crippen molar-refractivity contribution in [3.63, 3.8) is 0 Å². The highest BCUT2D eigenvalue weighted by Crippen LogP contribution is 2.36. The summed E-state index contributed by atoms with van der Waals surface area (Å²) < 4.78 is 1.09. The van der Waals surface area contributed by atoms with E-state index in [1.807, 2.05) is 29.2 Å². The summed E-state index contributed by atoms with van der Waals surface area (Å²) in [5, 5.41) is 0.998. The molecule has 1 aliphatic heterocycles. The van der Waals surface area contributed by atoms with Crippen molar-refractivity contribution in [2.24, 2.45) is 5.41 Å². The first kappa shape index (κ1) is 13.4. The van der Waals surface area contributed by atoms with Crippen LogP contribution in [0.25, 0.3) is 10.1 Å². The lowest BCUT2D eigenvalue weighted by Crippen LogP contribution is -2.41. The summed E-state index contributed by atoms with van der Waals surface area (Å²) in [5.41, 5.74) is 7.15. The zero-order valence-corrected chi connectivity index (χ0v) is 12.8. The van der Waals surface area contributed by atoms with Gasteiger partial charge in [-0.05, 0) is 24.3 Å². The van der Waals surface area contributed by atoms with E-state index < -0.39 is 0 Å². The molecular weight excluding hydrogens is 268 g/mol. The number of carbonyl (C=O) groups excluding carboxylic acids is 1. The highest BCUT2D eigenvalue weighted by molar-refractivity contribution is 7.21. The Kier molecular flexibility index (Phi) is 3.21. The van der Waals surface area contributed by atoms with Crippen molar-refractivity contribution >= 4 is 33.0 Å². The smallest absolute Gasteiger partial charge is 0.266 e. The number of thiophene rings is 1. The van der Waals surface area contributed by atoms with Gasteiger partial charge in [-0.25, -0.2) is 0 Å². The van der Waals surface area contributed by atoms with Gasteiger partial charge in [-0.3, -0.25) is 4.79 Å². The minimum Gasteiger partial charge on any atom is -0.397 e. The lowest BCUT2D eigenvalue weighted by Gasteiger charge is -2.36. The summed E-state index contributed by atoms with van der Waals surface area (Å²) in [5.74, 6) is 0.0965. The van der Waals surface area contributed by atoms with E-state index in [0.717, 1.165) is 36.0 Å². The van der Waals surface area contributed by atoms with Crippen LogP contribution in [0.3, 0.4) is 0 Å². The van der Waals surface area contributed by atoms with Gasteiger partial charge >= 0.3 is 0 Å². The molecule has 3 nitrogen and oxygen atoms in total. The molecule has 0 saturated carbocycles. The topological polar surface area (TPSA) is 46.3 Å². The Balaban J connectivity index is 1.88. The fourth-order valence-electron chi connectivity index (χ4n) is 2.68. The molecule has 2 heterocycles. The van der Waals surface area contributed by atoms with Crippen LogP contribution in [0.15, 0.2) is 24.3 Å². The molecule has 106 valence electrons. The molecule has 20 heavy (non-hydrogen) atoms. The van der Waals surface area contributed by atoms with Crippen molar-refractivity contribution in [3.05, 3.63) is 29.1 Å². The molecule has 1 fully saturated rings. The van der Waals surface area contributed by atoms with Crippen molar-refractivity contribution < 1.29 is 4.79 Å². The van der Waals surface area contributed by atoms with E-state index in [1.165, 1.54) is 11.3 Å². The number of likely N-dealkylation sites (tertiary alicyclic amines) is 1. The average Bonchev–Trinajstić information content (AvgIpc) is 2.76. The summed E-state index contributed by atoms with van der Waals surface area (Å²) in [6, 6.07) is 7.95. The van der Waals surface area contributed by atoms with Crippen molar-refractivity contribution in [1.82, 2.24) is 4.90 Å². The Morgan fingerprint density at radius 1 is 1.25 bits per heavy atom. The molecule has 1 aromatic carbocycles. The Morgan fingerprint density at radius 2 is 1.90 bits per heavy atom. The monoisotopic (exact) mass is 288 g/mol. The van der Waals surface area contributed by atoms with Crippen LogP contribution in [-0.2, 0) is 0 Å². The zero-order chi connectivity index (χ0) is 14.3. The Labute approximate surface area is 123 Å². The van der Waals surface area contributed by atoms with Gasteiger partial charge in [0.1, 0.15) is 4.88 Å². The number of fused-ring (bicyclic) bond motifs is 1. The van der Waals surface area contributed by atoms with Gasteiger partial charge in [0.2, 0.25) is 0 Å². The molecule has 0 atom stereocenters. The van der Waals surface area contributed by atoms with E-state index in [2.05, 4.69) is 13.8 Å². The van der Waals surface area contributed by atoms with Crippen LogP contribution >= 0.6 is 11.3 Å². The van der Waals surface area contributed by atoms with E-state index in [0.29, 0.717) is 16.0 Å². The van der Waals surface area contributed by atoms with E-state index >= 15 is 0 Å². The summed E-state index contributed by atoms with van der Waals surface area (Å²) in [4.78, 5) is 15.3. The number of hydrogen-bond acceptors (Lipinski definition) is 3. The summed E-state index contributed by atoms with van der Waals surface area (Å²) in [7, 11) is 0. The number of anilines is 1. The SMILES string of the molecule is CC1(C)CCN(C(=O)c2sc3ccccc3c2N)CC1. The molecule has 0 spiro atoms. The predicted molar refractivity (Wildman–Crippen MR) is 85.2 cm³/mol. The van der Waals surface area contributed by atoms with Crippen LogP contribution in [-0.4, -0.2) is 23.9 Å². The number of nitrogens with zero attached hydrogens (tertiary/aromatic N) is 1. The Bertz CT molecular complexity index is 650. The third-order valence-electron chi connectivity index (χ3n) is 4.23. The number of carbonyl (C=O) groups is 1. The van der Waals surface area contributed by atoms with Gasteiger partial charge in [-0.15, -0.1) is 11.3 Å². The van der Waals surface area contributed by atoms with Crippen LogP contribution in [0.1, 0.15) is 36.4 Å². The maximum atomic E-state index is 12.7. The molecule has 4 heteroatoms. The molecule has 0 unspecified atom stereocenters. The first-order chi connectivity index (χ1) is 9.48. The highest BCUT2D eigenvalue weighted by Gasteiger charge is 2.30. The quantitative estimate of drug-likeness (QED) is 0.868. The Hall–Kier alpha value is -1.55. The maximum Gasteiger partial charge on any atom is 0.266 e. The number of hydrogen-bond donors (Lipinski definition) is 1. The number of nitrogen functional groups attached to an aromatic ring is 1. The van der Waals surface area contributed by atoms with E-state index in [-0.39, 0.29) is 5.91 Å². The number of amides is 1. The predicted octanol–water partition coefficient (Wildman–Crippen LogP) is 3.75.